The number of aromatic nitrogens is 1. The second-order valence-electron chi connectivity index (χ2n) is 3.18. The summed E-state index contributed by atoms with van der Waals surface area (Å²) in [6.45, 7) is 1.99. The number of nitrogens with two attached hydrogens (primary N) is 1. The number of hydrogen-bond acceptors (Lipinski definition) is 2. The summed E-state index contributed by atoms with van der Waals surface area (Å²) in [7, 11) is 0. The molecule has 0 aliphatic carbocycles. The Morgan fingerprint density at radius 1 is 1.43 bits per heavy atom. The molecular formula is C11H11FN2. The molecule has 0 bridgehead atoms. The van der Waals surface area contributed by atoms with Crippen molar-refractivity contribution in [2.75, 3.05) is 5.73 Å². The van der Waals surface area contributed by atoms with Crippen LogP contribution in [0.4, 0.5) is 10.2 Å². The van der Waals surface area contributed by atoms with Crippen LogP contribution in [0.1, 0.15) is 12.5 Å². The highest BCUT2D eigenvalue weighted by Gasteiger charge is 2.07. The molecule has 0 spiro atoms. The molecule has 0 fully saturated rings. The van der Waals surface area contributed by atoms with E-state index in [-0.39, 0.29) is 5.82 Å². The molecule has 0 saturated carbocycles. The second kappa shape index (κ2) is 3.25. The smallest absolute Gasteiger partial charge is 0.149 e. The number of pyridine rings is 1. The Hall–Kier alpha value is -1.64. The fourth-order valence-corrected chi connectivity index (χ4v) is 1.65. The van der Waals surface area contributed by atoms with E-state index in [0.717, 1.165) is 12.0 Å². The number of anilines is 1. The van der Waals surface area contributed by atoms with Crippen molar-refractivity contribution in [1.82, 2.24) is 4.98 Å². The Kier molecular flexibility index (Phi) is 2.08. The van der Waals surface area contributed by atoms with E-state index in [1.165, 1.54) is 6.20 Å². The van der Waals surface area contributed by atoms with Crippen LogP contribution in [0, 0.1) is 5.82 Å². The van der Waals surface area contributed by atoms with E-state index in [9.17, 15) is 4.39 Å². The van der Waals surface area contributed by atoms with E-state index in [1.807, 2.05) is 19.1 Å². The fourth-order valence-electron chi connectivity index (χ4n) is 1.65. The normalized spacial score (nSPS) is 10.7. The summed E-state index contributed by atoms with van der Waals surface area (Å²) in [4.78, 5) is 3.79. The van der Waals surface area contributed by atoms with Gasteiger partial charge in [0.25, 0.3) is 0 Å². The van der Waals surface area contributed by atoms with E-state index in [1.54, 1.807) is 6.07 Å². The first kappa shape index (κ1) is 8.94. The third-order valence-electron chi connectivity index (χ3n) is 2.36. The van der Waals surface area contributed by atoms with Gasteiger partial charge in [-0.3, -0.25) is 0 Å². The lowest BCUT2D eigenvalue weighted by Crippen LogP contribution is -1.96. The summed E-state index contributed by atoms with van der Waals surface area (Å²) in [6.07, 6.45) is 1.97. The first-order valence-electron chi connectivity index (χ1n) is 4.55. The van der Waals surface area contributed by atoms with Crippen molar-refractivity contribution in [2.24, 2.45) is 0 Å². The third-order valence-corrected chi connectivity index (χ3v) is 2.36. The highest BCUT2D eigenvalue weighted by molar-refractivity contribution is 5.93. The largest absolute Gasteiger partial charge is 0.383 e. The van der Waals surface area contributed by atoms with E-state index in [2.05, 4.69) is 4.98 Å². The minimum absolute atomic E-state index is 0.299. The first-order chi connectivity index (χ1) is 6.74. The number of fused-ring (bicyclic) bond motifs is 1. The van der Waals surface area contributed by atoms with Crippen LogP contribution in [0.25, 0.3) is 10.8 Å². The molecule has 1 heterocycles. The van der Waals surface area contributed by atoms with Gasteiger partial charge in [-0.25, -0.2) is 9.37 Å². The van der Waals surface area contributed by atoms with Crippen LogP contribution in [0.2, 0.25) is 0 Å². The van der Waals surface area contributed by atoms with Crippen LogP contribution < -0.4 is 5.73 Å². The Bertz CT molecular complexity index is 480. The topological polar surface area (TPSA) is 38.9 Å². The van der Waals surface area contributed by atoms with E-state index in [4.69, 9.17) is 5.73 Å². The number of aryl methyl sites for hydroxylation is 1. The zero-order chi connectivity index (χ0) is 10.1. The highest BCUT2D eigenvalue weighted by atomic mass is 19.1. The van der Waals surface area contributed by atoms with Gasteiger partial charge in [0.1, 0.15) is 11.6 Å². The fraction of sp³-hybridized carbons (Fsp3) is 0.182. The third kappa shape index (κ3) is 1.21. The molecule has 2 aromatic rings. The number of nitrogen functional groups attached to an aromatic ring is 1. The first-order valence-corrected chi connectivity index (χ1v) is 4.55. The number of benzene rings is 1. The molecule has 0 atom stereocenters. The summed E-state index contributed by atoms with van der Waals surface area (Å²) < 4.78 is 13.5. The predicted molar refractivity (Wildman–Crippen MR) is 55.5 cm³/mol. The molecule has 72 valence electrons. The van der Waals surface area contributed by atoms with Crippen LogP contribution >= 0.6 is 0 Å². The van der Waals surface area contributed by atoms with Crippen molar-refractivity contribution in [1.29, 1.82) is 0 Å². The van der Waals surface area contributed by atoms with Crippen LogP contribution in [0.3, 0.4) is 0 Å². The van der Waals surface area contributed by atoms with E-state index >= 15 is 0 Å². The van der Waals surface area contributed by atoms with Crippen molar-refractivity contribution >= 4 is 16.6 Å². The van der Waals surface area contributed by atoms with Crippen LogP contribution in [0.15, 0.2) is 24.4 Å². The van der Waals surface area contributed by atoms with Gasteiger partial charge in [-0.15, -0.1) is 0 Å². The number of halogens is 1. The molecule has 0 unspecified atom stereocenters. The Morgan fingerprint density at radius 3 is 2.93 bits per heavy atom. The monoisotopic (exact) mass is 190 g/mol. The Balaban J connectivity index is 2.92. The molecule has 1 aromatic carbocycles. The van der Waals surface area contributed by atoms with Crippen molar-refractivity contribution in [3.8, 4) is 0 Å². The molecule has 0 radical (unpaired) electrons. The molecular weight excluding hydrogens is 179 g/mol. The lowest BCUT2D eigenvalue weighted by Gasteiger charge is -2.06. The van der Waals surface area contributed by atoms with Gasteiger partial charge in [-0.2, -0.15) is 0 Å². The van der Waals surface area contributed by atoms with Gasteiger partial charge in [0.05, 0.1) is 6.20 Å². The molecule has 2 rings (SSSR count). The molecule has 0 amide bonds. The number of nitrogens with zero attached hydrogens (tertiary/aromatic N) is 1. The van der Waals surface area contributed by atoms with E-state index in [0.29, 0.717) is 16.6 Å². The lowest BCUT2D eigenvalue weighted by atomic mass is 10.0. The van der Waals surface area contributed by atoms with Crippen LogP contribution in [0.5, 0.6) is 0 Å². The van der Waals surface area contributed by atoms with Crippen molar-refractivity contribution in [3.05, 3.63) is 35.8 Å². The van der Waals surface area contributed by atoms with Crippen molar-refractivity contribution < 1.29 is 4.39 Å². The van der Waals surface area contributed by atoms with Gasteiger partial charge in [0, 0.05) is 10.8 Å². The molecule has 1 aromatic heterocycles. The van der Waals surface area contributed by atoms with Crippen LogP contribution in [-0.2, 0) is 6.42 Å². The minimum atomic E-state index is -0.299. The van der Waals surface area contributed by atoms with Crippen molar-refractivity contribution in [3.63, 3.8) is 0 Å². The molecule has 0 aliphatic rings. The van der Waals surface area contributed by atoms with Crippen LogP contribution in [-0.4, -0.2) is 4.98 Å². The number of hydrogen-bond donors (Lipinski definition) is 1. The quantitative estimate of drug-likeness (QED) is 0.750. The summed E-state index contributed by atoms with van der Waals surface area (Å²) in [5, 5.41) is 1.30. The molecule has 14 heavy (non-hydrogen) atoms. The Morgan fingerprint density at radius 2 is 2.21 bits per heavy atom. The zero-order valence-corrected chi connectivity index (χ0v) is 7.92. The summed E-state index contributed by atoms with van der Waals surface area (Å²) in [5.74, 6) is 0.0864. The predicted octanol–water partition coefficient (Wildman–Crippen LogP) is 2.52. The SMILES string of the molecule is CCc1cccc2c(N)ncc(F)c12. The maximum Gasteiger partial charge on any atom is 0.149 e. The maximum absolute atomic E-state index is 13.5. The summed E-state index contributed by atoms with van der Waals surface area (Å²) in [5.41, 5.74) is 6.64. The van der Waals surface area contributed by atoms with Gasteiger partial charge in [0.15, 0.2) is 0 Å². The minimum Gasteiger partial charge on any atom is -0.383 e. The van der Waals surface area contributed by atoms with Gasteiger partial charge in [0.2, 0.25) is 0 Å². The zero-order valence-electron chi connectivity index (χ0n) is 7.92. The lowest BCUT2D eigenvalue weighted by molar-refractivity contribution is 0.633. The summed E-state index contributed by atoms with van der Waals surface area (Å²) in [6, 6.07) is 5.57. The summed E-state index contributed by atoms with van der Waals surface area (Å²) >= 11 is 0. The second-order valence-corrected chi connectivity index (χ2v) is 3.18. The van der Waals surface area contributed by atoms with Gasteiger partial charge < -0.3 is 5.73 Å². The molecule has 0 aliphatic heterocycles. The molecule has 3 heteroatoms. The average molecular weight is 190 g/mol. The van der Waals surface area contributed by atoms with Gasteiger partial charge in [-0.1, -0.05) is 25.1 Å². The molecule has 0 saturated heterocycles. The maximum atomic E-state index is 13.5. The van der Waals surface area contributed by atoms with Crippen molar-refractivity contribution in [2.45, 2.75) is 13.3 Å². The average Bonchev–Trinajstić information content (AvgIpc) is 2.23. The Labute approximate surface area is 81.6 Å². The molecule has 2 nitrogen and oxygen atoms in total. The number of rotatable bonds is 1. The van der Waals surface area contributed by atoms with Gasteiger partial charge in [-0.05, 0) is 12.0 Å². The molecule has 2 N–H and O–H groups in total. The van der Waals surface area contributed by atoms with E-state index < -0.39 is 0 Å². The standard InChI is InChI=1S/C11H11FN2/c1-2-7-4-3-5-8-10(7)9(12)6-14-11(8)13/h3-6H,2H2,1H3,(H2,13,14). The highest BCUT2D eigenvalue weighted by Crippen LogP contribution is 2.25. The van der Waals surface area contributed by atoms with Gasteiger partial charge >= 0.3 is 0 Å².